The van der Waals surface area contributed by atoms with Crippen molar-refractivity contribution < 1.29 is 0 Å². The lowest BCUT2D eigenvalue weighted by atomic mass is 10.2. The van der Waals surface area contributed by atoms with Gasteiger partial charge in [-0.15, -0.1) is 0 Å². The van der Waals surface area contributed by atoms with E-state index in [0.717, 1.165) is 10.2 Å². The highest BCUT2D eigenvalue weighted by atomic mass is 16.1. The third-order valence-electron chi connectivity index (χ3n) is 3.03. The van der Waals surface area contributed by atoms with Gasteiger partial charge in [0.15, 0.2) is 11.2 Å². The quantitative estimate of drug-likeness (QED) is 0.530. The molecule has 0 unspecified atom stereocenters. The van der Waals surface area contributed by atoms with Gasteiger partial charge in [-0.2, -0.15) is 4.68 Å². The summed E-state index contributed by atoms with van der Waals surface area (Å²) in [6, 6.07) is 9.46. The number of nitrogen functional groups attached to an aromatic ring is 1. The molecule has 0 saturated carbocycles. The SMILES string of the molecule is Cn1c(=N)n(N)c(=O)c2[nH]c(-c3ccccc3)nc21. The Kier molecular flexibility index (Phi) is 2.28. The molecule has 0 aliphatic heterocycles. The minimum Gasteiger partial charge on any atom is -0.333 e. The monoisotopic (exact) mass is 256 g/mol. The Hall–Kier alpha value is -2.83. The Morgan fingerprint density at radius 2 is 2.00 bits per heavy atom. The number of hydrogen-bond acceptors (Lipinski definition) is 4. The number of H-pyrrole nitrogens is 1. The number of fused-ring (bicyclic) bond motifs is 1. The normalized spacial score (nSPS) is 11.0. The lowest BCUT2D eigenvalue weighted by Crippen LogP contribution is -2.44. The van der Waals surface area contributed by atoms with Crippen LogP contribution in [0.4, 0.5) is 0 Å². The van der Waals surface area contributed by atoms with Crippen LogP contribution in [-0.4, -0.2) is 19.2 Å². The Balaban J connectivity index is 2.40. The first-order valence-corrected chi connectivity index (χ1v) is 5.66. The smallest absolute Gasteiger partial charge is 0.299 e. The van der Waals surface area contributed by atoms with E-state index in [9.17, 15) is 4.79 Å². The summed E-state index contributed by atoms with van der Waals surface area (Å²) in [6.45, 7) is 0. The number of nitrogens with one attached hydrogen (secondary N) is 2. The van der Waals surface area contributed by atoms with E-state index in [4.69, 9.17) is 11.3 Å². The second-order valence-corrected chi connectivity index (χ2v) is 4.21. The fraction of sp³-hybridized carbons (Fsp3) is 0.0833. The van der Waals surface area contributed by atoms with Crippen molar-refractivity contribution in [3.05, 3.63) is 46.3 Å². The number of aromatic nitrogens is 4. The zero-order chi connectivity index (χ0) is 13.6. The van der Waals surface area contributed by atoms with Crippen LogP contribution in [0, 0.1) is 5.41 Å². The van der Waals surface area contributed by atoms with Crippen LogP contribution in [0.1, 0.15) is 0 Å². The van der Waals surface area contributed by atoms with E-state index < -0.39 is 5.56 Å². The van der Waals surface area contributed by atoms with E-state index in [1.165, 1.54) is 4.57 Å². The molecule has 4 N–H and O–H groups in total. The maximum atomic E-state index is 12.0. The molecule has 0 spiro atoms. The van der Waals surface area contributed by atoms with E-state index in [1.807, 2.05) is 30.3 Å². The van der Waals surface area contributed by atoms with Crippen LogP contribution in [0.25, 0.3) is 22.6 Å². The van der Waals surface area contributed by atoms with Crippen molar-refractivity contribution in [2.24, 2.45) is 7.05 Å². The molecule has 7 heteroatoms. The zero-order valence-electron chi connectivity index (χ0n) is 10.2. The summed E-state index contributed by atoms with van der Waals surface area (Å²) in [6.07, 6.45) is 0. The van der Waals surface area contributed by atoms with E-state index >= 15 is 0 Å². The number of hydrogen-bond donors (Lipinski definition) is 3. The van der Waals surface area contributed by atoms with Crippen molar-refractivity contribution in [3.63, 3.8) is 0 Å². The molecule has 0 fully saturated rings. The van der Waals surface area contributed by atoms with Crippen molar-refractivity contribution in [3.8, 4) is 11.4 Å². The molecule has 0 aliphatic carbocycles. The predicted octanol–water partition coefficient (Wildman–Crippen LogP) is -0.0766. The molecule has 2 aromatic heterocycles. The summed E-state index contributed by atoms with van der Waals surface area (Å²) in [5.74, 6) is 6.12. The first-order valence-electron chi connectivity index (χ1n) is 5.66. The summed E-state index contributed by atoms with van der Waals surface area (Å²) >= 11 is 0. The summed E-state index contributed by atoms with van der Waals surface area (Å²) in [7, 11) is 1.64. The molecule has 0 radical (unpaired) electrons. The first kappa shape index (κ1) is 11.3. The van der Waals surface area contributed by atoms with Crippen molar-refractivity contribution in [1.82, 2.24) is 19.2 Å². The second-order valence-electron chi connectivity index (χ2n) is 4.21. The number of imidazole rings is 1. The molecule has 0 saturated heterocycles. The minimum atomic E-state index is -0.465. The van der Waals surface area contributed by atoms with Crippen LogP contribution in [0.3, 0.4) is 0 Å². The molecular weight excluding hydrogens is 244 g/mol. The number of nitrogens with zero attached hydrogens (tertiary/aromatic N) is 3. The standard InChI is InChI=1S/C12H12N6O/c1-17-10-8(11(19)18(14)12(17)13)15-9(16-10)7-5-3-2-4-6-7/h2-6,13H,14H2,1H3,(H,15,16). The molecular formula is C12H12N6O. The topological polar surface area (TPSA) is 105 Å². The Bertz CT molecular complexity index is 871. The van der Waals surface area contributed by atoms with Crippen LogP contribution in [0.15, 0.2) is 35.1 Å². The number of aryl methyl sites for hydroxylation is 1. The van der Waals surface area contributed by atoms with Crippen molar-refractivity contribution >= 4 is 11.2 Å². The van der Waals surface area contributed by atoms with Gasteiger partial charge in [0.25, 0.3) is 5.56 Å². The molecule has 0 bridgehead atoms. The summed E-state index contributed by atoms with van der Waals surface area (Å²) in [5, 5.41) is 7.73. The van der Waals surface area contributed by atoms with E-state index in [1.54, 1.807) is 7.05 Å². The van der Waals surface area contributed by atoms with Crippen LogP contribution < -0.4 is 17.0 Å². The molecule has 3 aromatic rings. The number of rotatable bonds is 1. The zero-order valence-corrected chi connectivity index (χ0v) is 10.2. The molecule has 7 nitrogen and oxygen atoms in total. The molecule has 96 valence electrons. The second kappa shape index (κ2) is 3.84. The van der Waals surface area contributed by atoms with Gasteiger partial charge in [-0.05, 0) is 0 Å². The van der Waals surface area contributed by atoms with Gasteiger partial charge in [0.1, 0.15) is 5.82 Å². The van der Waals surface area contributed by atoms with Crippen LogP contribution in [-0.2, 0) is 7.05 Å². The largest absolute Gasteiger partial charge is 0.333 e. The van der Waals surface area contributed by atoms with Gasteiger partial charge in [-0.1, -0.05) is 30.3 Å². The first-order chi connectivity index (χ1) is 9.09. The lowest BCUT2D eigenvalue weighted by molar-refractivity contribution is 0.698. The fourth-order valence-electron chi connectivity index (χ4n) is 1.97. The lowest BCUT2D eigenvalue weighted by Gasteiger charge is -2.03. The van der Waals surface area contributed by atoms with Gasteiger partial charge in [-0.3, -0.25) is 14.8 Å². The van der Waals surface area contributed by atoms with Gasteiger partial charge in [0, 0.05) is 12.6 Å². The molecule has 1 aromatic carbocycles. The van der Waals surface area contributed by atoms with Gasteiger partial charge in [0.2, 0.25) is 5.62 Å². The van der Waals surface area contributed by atoms with Crippen molar-refractivity contribution in [1.29, 1.82) is 5.41 Å². The summed E-state index contributed by atoms with van der Waals surface area (Å²) < 4.78 is 2.24. The van der Waals surface area contributed by atoms with E-state index in [-0.39, 0.29) is 5.62 Å². The third kappa shape index (κ3) is 1.55. The molecule has 0 amide bonds. The molecule has 0 atom stereocenters. The number of aromatic amines is 1. The molecule has 19 heavy (non-hydrogen) atoms. The van der Waals surface area contributed by atoms with Gasteiger partial charge in [-0.25, -0.2) is 4.98 Å². The highest BCUT2D eigenvalue weighted by molar-refractivity contribution is 5.75. The van der Waals surface area contributed by atoms with Crippen molar-refractivity contribution in [2.75, 3.05) is 5.84 Å². The Labute approximate surface area is 107 Å². The Morgan fingerprint density at radius 3 is 2.68 bits per heavy atom. The van der Waals surface area contributed by atoms with E-state index in [0.29, 0.717) is 17.0 Å². The fourth-order valence-corrected chi connectivity index (χ4v) is 1.97. The Morgan fingerprint density at radius 1 is 1.32 bits per heavy atom. The maximum Gasteiger partial charge on any atom is 0.299 e. The van der Waals surface area contributed by atoms with Gasteiger partial charge >= 0.3 is 0 Å². The summed E-state index contributed by atoms with van der Waals surface area (Å²) in [5.41, 5.74) is 1.00. The molecule has 2 heterocycles. The third-order valence-corrected chi connectivity index (χ3v) is 3.03. The predicted molar refractivity (Wildman–Crippen MR) is 70.8 cm³/mol. The van der Waals surface area contributed by atoms with Gasteiger partial charge in [0.05, 0.1) is 0 Å². The van der Waals surface area contributed by atoms with Crippen LogP contribution >= 0.6 is 0 Å². The van der Waals surface area contributed by atoms with Crippen molar-refractivity contribution in [2.45, 2.75) is 0 Å². The van der Waals surface area contributed by atoms with Crippen LogP contribution in [0.2, 0.25) is 0 Å². The minimum absolute atomic E-state index is 0.108. The molecule has 0 aliphatic rings. The van der Waals surface area contributed by atoms with Gasteiger partial charge < -0.3 is 10.8 Å². The average molecular weight is 256 g/mol. The highest BCUT2D eigenvalue weighted by Crippen LogP contribution is 2.16. The number of benzene rings is 1. The van der Waals surface area contributed by atoms with E-state index in [2.05, 4.69) is 9.97 Å². The summed E-state index contributed by atoms with van der Waals surface area (Å²) in [4.78, 5) is 19.3. The number of nitrogens with two attached hydrogens (primary N) is 1. The maximum absolute atomic E-state index is 12.0. The highest BCUT2D eigenvalue weighted by Gasteiger charge is 2.13. The average Bonchev–Trinajstić information content (AvgIpc) is 2.89. The van der Waals surface area contributed by atoms with Crippen LogP contribution in [0.5, 0.6) is 0 Å². The molecule has 3 rings (SSSR count).